The van der Waals surface area contributed by atoms with Crippen molar-refractivity contribution in [2.24, 2.45) is 0 Å². The Hall–Kier alpha value is -0.610. The summed E-state index contributed by atoms with van der Waals surface area (Å²) in [7, 11) is 3.85. The average Bonchev–Trinajstić information content (AvgIpc) is 2.33. The summed E-state index contributed by atoms with van der Waals surface area (Å²) >= 11 is 0. The third-order valence-corrected chi connectivity index (χ3v) is 2.79. The first-order chi connectivity index (χ1) is 9.04. The molecule has 0 amide bonds. The normalized spacial score (nSPS) is 10.2. The van der Waals surface area contributed by atoms with E-state index in [1.54, 1.807) is 0 Å². The van der Waals surface area contributed by atoms with Gasteiger partial charge in [-0.15, -0.1) is 0 Å². The molecule has 0 aromatic rings. The molecule has 0 heterocycles. The highest BCUT2D eigenvalue weighted by Crippen LogP contribution is 2.09. The van der Waals surface area contributed by atoms with Crippen LogP contribution in [-0.4, -0.2) is 48.3 Å². The Morgan fingerprint density at radius 3 is 1.74 bits per heavy atom. The molecule has 116 valence electrons. The molecule has 0 aliphatic heterocycles. The highest BCUT2D eigenvalue weighted by atomic mass is 16.4. The van der Waals surface area contributed by atoms with Crippen LogP contribution in [0.15, 0.2) is 0 Å². The van der Waals surface area contributed by atoms with Crippen LogP contribution in [-0.2, 0) is 4.79 Å². The Bertz CT molecular complexity index is 184. The smallest absolute Gasteiger partial charge is 0.303 e. The second-order valence-electron chi connectivity index (χ2n) is 5.15. The molecule has 4 heteroatoms. The van der Waals surface area contributed by atoms with Crippen LogP contribution in [0, 0.1) is 0 Å². The van der Waals surface area contributed by atoms with Crippen molar-refractivity contribution in [2.45, 2.75) is 64.7 Å². The van der Waals surface area contributed by atoms with E-state index < -0.39 is 5.97 Å². The lowest BCUT2D eigenvalue weighted by Crippen LogP contribution is -2.15. The van der Waals surface area contributed by atoms with E-state index in [9.17, 15) is 4.79 Å². The van der Waals surface area contributed by atoms with Gasteiger partial charge in [0.1, 0.15) is 0 Å². The maximum Gasteiger partial charge on any atom is 0.303 e. The molecule has 0 atom stereocenters. The highest BCUT2D eigenvalue weighted by Gasteiger charge is 1.95. The van der Waals surface area contributed by atoms with Crippen LogP contribution in [0.5, 0.6) is 0 Å². The molecule has 0 aromatic heterocycles. The van der Waals surface area contributed by atoms with Crippen molar-refractivity contribution in [2.75, 3.05) is 27.2 Å². The first kappa shape index (κ1) is 20.7. The number of carboxylic acids is 1. The second kappa shape index (κ2) is 17.4. The van der Waals surface area contributed by atoms with E-state index in [-0.39, 0.29) is 6.61 Å². The van der Waals surface area contributed by atoms with E-state index in [1.807, 2.05) is 19.0 Å². The molecule has 0 unspecified atom stereocenters. The van der Waals surface area contributed by atoms with Gasteiger partial charge in [0, 0.05) is 13.0 Å². The molecule has 0 saturated heterocycles. The fourth-order valence-electron chi connectivity index (χ4n) is 1.61. The first-order valence-electron chi connectivity index (χ1n) is 7.52. The number of nitrogens with zero attached hydrogens (tertiary/aromatic N) is 1. The zero-order chi connectivity index (χ0) is 14.9. The van der Waals surface area contributed by atoms with Gasteiger partial charge in [0.2, 0.25) is 0 Å². The number of hydrogen-bond acceptors (Lipinski definition) is 3. The van der Waals surface area contributed by atoms with Crippen molar-refractivity contribution in [3.05, 3.63) is 0 Å². The van der Waals surface area contributed by atoms with Crippen LogP contribution in [0.4, 0.5) is 0 Å². The van der Waals surface area contributed by atoms with E-state index >= 15 is 0 Å². The number of aliphatic hydroxyl groups excluding tert-OH is 1. The van der Waals surface area contributed by atoms with Crippen LogP contribution in [0.25, 0.3) is 0 Å². The van der Waals surface area contributed by atoms with E-state index in [4.69, 9.17) is 10.2 Å². The SMILES string of the molecule is CCCCCCCCCCC(=O)O.CN(C)CCO. The molecule has 0 bridgehead atoms. The third-order valence-electron chi connectivity index (χ3n) is 2.79. The predicted octanol–water partition coefficient (Wildman–Crippen LogP) is 3.14. The molecular formula is C15H33NO3. The summed E-state index contributed by atoms with van der Waals surface area (Å²) in [4.78, 5) is 12.1. The first-order valence-corrected chi connectivity index (χ1v) is 7.52. The molecule has 0 aliphatic carbocycles. The molecule has 0 radical (unpaired) electrons. The standard InChI is InChI=1S/C11H22O2.C4H11NO/c1-2-3-4-5-6-7-8-9-10-11(12)13;1-5(2)3-4-6/h2-10H2,1H3,(H,12,13);6H,3-4H2,1-2H3. The third kappa shape index (κ3) is 26.8. The number of rotatable bonds is 11. The fraction of sp³-hybridized carbons (Fsp3) is 0.933. The lowest BCUT2D eigenvalue weighted by Gasteiger charge is -2.03. The molecule has 4 nitrogen and oxygen atoms in total. The number of carboxylic acid groups (broad SMARTS) is 1. The van der Waals surface area contributed by atoms with Crippen LogP contribution in [0.2, 0.25) is 0 Å². The Morgan fingerprint density at radius 1 is 0.947 bits per heavy atom. The van der Waals surface area contributed by atoms with E-state index in [2.05, 4.69) is 6.92 Å². The van der Waals surface area contributed by atoms with Crippen LogP contribution in [0.1, 0.15) is 64.7 Å². The zero-order valence-corrected chi connectivity index (χ0v) is 13.0. The summed E-state index contributed by atoms with van der Waals surface area (Å²) in [5, 5.41) is 16.6. The molecular weight excluding hydrogens is 242 g/mol. The summed E-state index contributed by atoms with van der Waals surface area (Å²) in [6.45, 7) is 3.24. The minimum atomic E-state index is -0.661. The maximum absolute atomic E-state index is 10.2. The number of aliphatic hydroxyl groups is 1. The molecule has 0 saturated carbocycles. The molecule has 2 N–H and O–H groups in total. The summed E-state index contributed by atoms with van der Waals surface area (Å²) in [6.07, 6.45) is 10.1. The molecule has 0 fully saturated rings. The van der Waals surface area contributed by atoms with Gasteiger partial charge in [0.15, 0.2) is 0 Å². The summed E-state index contributed by atoms with van der Waals surface area (Å²) in [5.41, 5.74) is 0. The van der Waals surface area contributed by atoms with Gasteiger partial charge in [-0.25, -0.2) is 0 Å². The van der Waals surface area contributed by atoms with Crippen LogP contribution < -0.4 is 0 Å². The van der Waals surface area contributed by atoms with Gasteiger partial charge in [0.25, 0.3) is 0 Å². The van der Waals surface area contributed by atoms with Gasteiger partial charge in [-0.05, 0) is 20.5 Å². The topological polar surface area (TPSA) is 60.8 Å². The number of unbranched alkanes of at least 4 members (excludes halogenated alkanes) is 7. The average molecular weight is 275 g/mol. The van der Waals surface area contributed by atoms with Gasteiger partial charge >= 0.3 is 5.97 Å². The van der Waals surface area contributed by atoms with Gasteiger partial charge in [0.05, 0.1) is 6.61 Å². The number of likely N-dealkylation sites (N-methyl/N-ethyl adjacent to an activating group) is 1. The molecule has 0 aromatic carbocycles. The van der Waals surface area contributed by atoms with Crippen LogP contribution >= 0.6 is 0 Å². The minimum absolute atomic E-state index is 0.257. The predicted molar refractivity (Wildman–Crippen MR) is 80.5 cm³/mol. The van der Waals surface area contributed by atoms with Gasteiger partial charge in [-0.2, -0.15) is 0 Å². The quantitative estimate of drug-likeness (QED) is 0.569. The molecule has 0 rings (SSSR count). The largest absolute Gasteiger partial charge is 0.481 e. The Morgan fingerprint density at radius 2 is 1.42 bits per heavy atom. The Labute approximate surface area is 118 Å². The van der Waals surface area contributed by atoms with Crippen LogP contribution in [0.3, 0.4) is 0 Å². The Balaban J connectivity index is 0. The number of aliphatic carboxylic acids is 1. The highest BCUT2D eigenvalue weighted by molar-refractivity contribution is 5.66. The van der Waals surface area contributed by atoms with Crippen molar-refractivity contribution in [1.82, 2.24) is 4.90 Å². The van der Waals surface area contributed by atoms with E-state index in [1.165, 1.54) is 38.5 Å². The number of carbonyl (C=O) groups is 1. The van der Waals surface area contributed by atoms with Crippen molar-refractivity contribution in [1.29, 1.82) is 0 Å². The fourth-order valence-corrected chi connectivity index (χ4v) is 1.61. The van der Waals surface area contributed by atoms with Crippen molar-refractivity contribution in [3.63, 3.8) is 0 Å². The van der Waals surface area contributed by atoms with Gasteiger partial charge in [-0.3, -0.25) is 4.79 Å². The van der Waals surface area contributed by atoms with E-state index in [0.29, 0.717) is 6.42 Å². The lowest BCUT2D eigenvalue weighted by atomic mass is 10.1. The molecule has 0 spiro atoms. The minimum Gasteiger partial charge on any atom is -0.481 e. The van der Waals surface area contributed by atoms with Crippen molar-refractivity contribution < 1.29 is 15.0 Å². The maximum atomic E-state index is 10.2. The lowest BCUT2D eigenvalue weighted by molar-refractivity contribution is -0.137. The van der Waals surface area contributed by atoms with Gasteiger partial charge < -0.3 is 15.1 Å². The monoisotopic (exact) mass is 275 g/mol. The second-order valence-corrected chi connectivity index (χ2v) is 5.15. The van der Waals surface area contributed by atoms with Gasteiger partial charge in [-0.1, -0.05) is 51.9 Å². The molecule has 19 heavy (non-hydrogen) atoms. The van der Waals surface area contributed by atoms with E-state index in [0.717, 1.165) is 19.4 Å². The summed E-state index contributed by atoms with van der Waals surface area (Å²) in [6, 6.07) is 0. The zero-order valence-electron chi connectivity index (χ0n) is 13.0. The summed E-state index contributed by atoms with van der Waals surface area (Å²) in [5.74, 6) is -0.661. The van der Waals surface area contributed by atoms with Crippen molar-refractivity contribution in [3.8, 4) is 0 Å². The van der Waals surface area contributed by atoms with Crippen molar-refractivity contribution >= 4 is 5.97 Å². The number of hydrogen-bond donors (Lipinski definition) is 2. The molecule has 0 aliphatic rings. The Kier molecular flexibility index (Phi) is 18.9. The summed E-state index contributed by atoms with van der Waals surface area (Å²) < 4.78 is 0.